The third-order valence-corrected chi connectivity index (χ3v) is 8.43. The van der Waals surface area contributed by atoms with Gasteiger partial charge in [0.1, 0.15) is 5.60 Å². The van der Waals surface area contributed by atoms with Gasteiger partial charge in [-0.1, -0.05) is 13.8 Å². The number of rotatable bonds is 4. The average Bonchev–Trinajstić information content (AvgIpc) is 3.12. The highest BCUT2D eigenvalue weighted by Crippen LogP contribution is 2.43. The first-order chi connectivity index (χ1) is 17.1. The van der Waals surface area contributed by atoms with Crippen LogP contribution < -0.4 is 0 Å². The first-order valence-corrected chi connectivity index (χ1v) is 13.1. The van der Waals surface area contributed by atoms with Crippen molar-refractivity contribution in [2.75, 3.05) is 32.8 Å². The smallest absolute Gasteiger partial charge is 0.335 e. The first kappa shape index (κ1) is 25.3. The molecule has 1 spiro atoms. The Balaban J connectivity index is 1.37. The van der Waals surface area contributed by atoms with Gasteiger partial charge in [-0.2, -0.15) is 0 Å². The van der Waals surface area contributed by atoms with Gasteiger partial charge >= 0.3 is 5.97 Å². The molecule has 2 fully saturated rings. The maximum absolute atomic E-state index is 14.4. The first-order valence-electron chi connectivity index (χ1n) is 13.1. The summed E-state index contributed by atoms with van der Waals surface area (Å²) < 4.78 is 40.1. The van der Waals surface area contributed by atoms with Crippen LogP contribution in [-0.4, -0.2) is 71.2 Å². The number of pyridine rings is 1. The lowest BCUT2D eigenvalue weighted by Gasteiger charge is -2.44. The second kappa shape index (κ2) is 9.49. The number of halogens is 2. The summed E-state index contributed by atoms with van der Waals surface area (Å²) in [6.07, 6.45) is 4.07. The molecule has 1 atom stereocenters. The van der Waals surface area contributed by atoms with E-state index in [1.54, 1.807) is 11.8 Å². The molecule has 5 heterocycles. The molecule has 0 aliphatic carbocycles. The minimum Gasteiger partial charge on any atom is -0.450 e. The van der Waals surface area contributed by atoms with Crippen molar-refractivity contribution in [2.45, 2.75) is 82.9 Å². The number of aromatic nitrogens is 1. The Hall–Kier alpha value is -2.39. The molecule has 0 N–H and O–H groups in total. The highest BCUT2D eigenvalue weighted by molar-refractivity contribution is 6.07. The summed E-state index contributed by atoms with van der Waals surface area (Å²) in [7, 11) is 0. The summed E-state index contributed by atoms with van der Waals surface area (Å²) in [4.78, 5) is 35.1. The van der Waals surface area contributed by atoms with E-state index in [-0.39, 0.29) is 30.4 Å². The van der Waals surface area contributed by atoms with E-state index in [1.807, 2.05) is 6.92 Å². The van der Waals surface area contributed by atoms with Crippen LogP contribution >= 0.6 is 0 Å². The highest BCUT2D eigenvalue weighted by Gasteiger charge is 2.52. The fourth-order valence-electron chi connectivity index (χ4n) is 6.25. The lowest BCUT2D eigenvalue weighted by atomic mass is 9.81. The molecule has 4 aliphatic rings. The molecule has 1 unspecified atom stereocenters. The number of nitrogens with zero attached hydrogens (tertiary/aromatic N) is 3. The maximum Gasteiger partial charge on any atom is 0.335 e. The zero-order chi connectivity index (χ0) is 25.7. The van der Waals surface area contributed by atoms with E-state index < -0.39 is 17.5 Å². The molecule has 1 aromatic rings. The van der Waals surface area contributed by atoms with Gasteiger partial charge in [0.15, 0.2) is 0 Å². The predicted molar refractivity (Wildman–Crippen MR) is 128 cm³/mol. The summed E-state index contributed by atoms with van der Waals surface area (Å²) in [5.41, 5.74) is 1.15. The summed E-state index contributed by atoms with van der Waals surface area (Å²) in [6, 6.07) is 1.95. The van der Waals surface area contributed by atoms with E-state index in [9.17, 15) is 18.4 Å². The topological polar surface area (TPSA) is 72.0 Å². The van der Waals surface area contributed by atoms with Gasteiger partial charge in [-0.3, -0.25) is 14.7 Å². The molecular weight excluding hydrogens is 468 g/mol. The van der Waals surface area contributed by atoms with E-state index >= 15 is 0 Å². The zero-order valence-corrected chi connectivity index (χ0v) is 21.3. The molecule has 0 bridgehead atoms. The van der Waals surface area contributed by atoms with E-state index in [2.05, 4.69) is 9.88 Å². The van der Waals surface area contributed by atoms with Crippen LogP contribution in [0.4, 0.5) is 8.78 Å². The lowest BCUT2D eigenvalue weighted by molar-refractivity contribution is -0.152. The van der Waals surface area contributed by atoms with Gasteiger partial charge in [-0.05, 0) is 31.4 Å². The van der Waals surface area contributed by atoms with Gasteiger partial charge in [-0.15, -0.1) is 0 Å². The highest BCUT2D eigenvalue weighted by atomic mass is 19.3. The largest absolute Gasteiger partial charge is 0.450 e. The van der Waals surface area contributed by atoms with Crippen molar-refractivity contribution in [1.29, 1.82) is 0 Å². The van der Waals surface area contributed by atoms with Gasteiger partial charge < -0.3 is 14.4 Å². The van der Waals surface area contributed by atoms with E-state index in [1.165, 1.54) is 19.2 Å². The van der Waals surface area contributed by atoms with Crippen LogP contribution in [0, 0.1) is 0 Å². The second-order valence-corrected chi connectivity index (χ2v) is 10.7. The number of amides is 1. The summed E-state index contributed by atoms with van der Waals surface area (Å²) in [5, 5.41) is 0. The average molecular weight is 504 g/mol. The number of piperidine rings is 1. The molecule has 36 heavy (non-hydrogen) atoms. The zero-order valence-electron chi connectivity index (χ0n) is 21.3. The van der Waals surface area contributed by atoms with Gasteiger partial charge in [0, 0.05) is 93.6 Å². The van der Waals surface area contributed by atoms with Crippen LogP contribution in [-0.2, 0) is 31.5 Å². The fraction of sp³-hybridized carbons (Fsp3) is 0.667. The second-order valence-electron chi connectivity index (χ2n) is 10.7. The van der Waals surface area contributed by atoms with Crippen LogP contribution in [0.3, 0.4) is 0 Å². The molecule has 1 aromatic heterocycles. The number of likely N-dealkylation sites (tertiary alicyclic amines) is 1. The Morgan fingerprint density at radius 2 is 1.94 bits per heavy atom. The van der Waals surface area contributed by atoms with Crippen molar-refractivity contribution in [3.8, 4) is 0 Å². The molecule has 0 radical (unpaired) electrons. The van der Waals surface area contributed by atoms with Gasteiger partial charge in [-0.25, -0.2) is 13.6 Å². The number of carbonyl (C=O) groups excluding carboxylic acids is 2. The molecule has 4 aliphatic heterocycles. The fourth-order valence-corrected chi connectivity index (χ4v) is 6.25. The number of fused-ring (bicyclic) bond motifs is 1. The lowest BCUT2D eigenvalue weighted by Crippen LogP contribution is -2.53. The van der Waals surface area contributed by atoms with Crippen molar-refractivity contribution >= 4 is 11.9 Å². The normalized spacial score (nSPS) is 25.3. The van der Waals surface area contributed by atoms with Gasteiger partial charge in [0.25, 0.3) is 11.8 Å². The number of ether oxygens (including phenoxy) is 2. The van der Waals surface area contributed by atoms with Crippen LogP contribution in [0.25, 0.3) is 0 Å². The van der Waals surface area contributed by atoms with Crippen molar-refractivity contribution in [2.24, 2.45) is 0 Å². The number of esters is 1. The van der Waals surface area contributed by atoms with Crippen molar-refractivity contribution in [1.82, 2.24) is 14.8 Å². The number of hydrogen-bond donors (Lipinski definition) is 0. The third-order valence-electron chi connectivity index (χ3n) is 8.43. The molecule has 5 rings (SSSR count). The Bertz CT molecular complexity index is 1070. The molecule has 1 amide bonds. The molecule has 7 nitrogen and oxygen atoms in total. The quantitative estimate of drug-likeness (QED) is 0.580. The van der Waals surface area contributed by atoms with Crippen LogP contribution in [0.15, 0.2) is 23.4 Å². The van der Waals surface area contributed by atoms with Crippen LogP contribution in [0.5, 0.6) is 0 Å². The summed E-state index contributed by atoms with van der Waals surface area (Å²) in [5.74, 6) is -3.74. The summed E-state index contributed by atoms with van der Waals surface area (Å²) >= 11 is 0. The van der Waals surface area contributed by atoms with Crippen LogP contribution in [0.1, 0.15) is 75.6 Å². The number of hydrogen-bond acceptors (Lipinski definition) is 6. The minimum atomic E-state index is -2.97. The molecular formula is C27H35F2N3O4. The number of alkyl halides is 2. The van der Waals surface area contributed by atoms with Gasteiger partial charge in [0.05, 0.1) is 5.57 Å². The molecule has 2 saturated heterocycles. The van der Waals surface area contributed by atoms with Crippen LogP contribution in [0.2, 0.25) is 0 Å². The number of carbonyl (C=O) groups is 2. The van der Waals surface area contributed by atoms with Crippen molar-refractivity contribution in [3.63, 3.8) is 0 Å². The standard InChI is InChI=1S/C27H35F2N3O4/c1-4-27(28,29)20-13-19-16-32(15-17(2)23(19)30-14-20)24(33)22-18(3)25(34)36-26(22)7-9-31(10-8-26)21-5-11-35-12-6-21/h13-14,17,21H,4-12,15-16H2,1-3H3. The Morgan fingerprint density at radius 1 is 1.25 bits per heavy atom. The molecule has 0 aromatic carbocycles. The minimum absolute atomic E-state index is 0.104. The monoisotopic (exact) mass is 503 g/mol. The van der Waals surface area contributed by atoms with Crippen molar-refractivity contribution < 1.29 is 27.8 Å². The van der Waals surface area contributed by atoms with E-state index in [0.717, 1.165) is 44.8 Å². The SMILES string of the molecule is CCC(F)(F)c1cnc2c(c1)CN(C(=O)C1=C(C)C(=O)OC13CCN(C1CCOCC1)CC3)CC2C. The Morgan fingerprint density at radius 3 is 2.61 bits per heavy atom. The van der Waals surface area contributed by atoms with E-state index in [4.69, 9.17) is 9.47 Å². The Kier molecular flexibility index (Phi) is 6.66. The molecule has 9 heteroatoms. The predicted octanol–water partition coefficient (Wildman–Crippen LogP) is 3.92. The molecule has 196 valence electrons. The van der Waals surface area contributed by atoms with E-state index in [0.29, 0.717) is 42.1 Å². The van der Waals surface area contributed by atoms with Gasteiger partial charge in [0.2, 0.25) is 0 Å². The maximum atomic E-state index is 14.4. The summed E-state index contributed by atoms with van der Waals surface area (Å²) in [6.45, 7) is 8.68. The Labute approximate surface area is 210 Å². The molecule has 0 saturated carbocycles. The van der Waals surface area contributed by atoms with Crippen molar-refractivity contribution in [3.05, 3.63) is 40.2 Å². The third kappa shape index (κ3) is 4.34.